The van der Waals surface area contributed by atoms with Crippen LogP contribution in [0, 0.1) is 5.92 Å². The fourth-order valence-electron chi connectivity index (χ4n) is 3.23. The first-order chi connectivity index (χ1) is 14.3. The van der Waals surface area contributed by atoms with Crippen LogP contribution in [0.5, 0.6) is 0 Å². The highest BCUT2D eigenvalue weighted by atomic mass is 16.4. The number of aliphatic carboxylic acids is 2. The molecule has 0 aromatic heterocycles. The summed E-state index contributed by atoms with van der Waals surface area (Å²) >= 11 is 0. The molecule has 1 heterocycles. The minimum Gasteiger partial charge on any atom is -0.481 e. The Hall–Kier alpha value is -3.22. The summed E-state index contributed by atoms with van der Waals surface area (Å²) in [4.78, 5) is 72.3. The minimum absolute atomic E-state index is 0.121. The maximum atomic E-state index is 12.9. The molecule has 13 heteroatoms. The molecule has 0 radical (unpaired) electrons. The number of rotatable bonds is 11. The van der Waals surface area contributed by atoms with Gasteiger partial charge in [-0.15, -0.1) is 0 Å². The van der Waals surface area contributed by atoms with Gasteiger partial charge in [0.15, 0.2) is 0 Å². The van der Waals surface area contributed by atoms with Gasteiger partial charge >= 0.3 is 11.9 Å². The summed E-state index contributed by atoms with van der Waals surface area (Å²) in [5.74, 6) is -6.30. The molecule has 1 aliphatic rings. The van der Waals surface area contributed by atoms with Gasteiger partial charge in [-0.2, -0.15) is 0 Å². The van der Waals surface area contributed by atoms with E-state index < -0.39 is 78.5 Å². The molecule has 4 atom stereocenters. The molecule has 13 nitrogen and oxygen atoms in total. The maximum Gasteiger partial charge on any atom is 0.326 e. The van der Waals surface area contributed by atoms with Gasteiger partial charge in [0.05, 0.1) is 18.9 Å². The summed E-state index contributed by atoms with van der Waals surface area (Å²) in [6.45, 7) is 3.35. The first-order valence-corrected chi connectivity index (χ1v) is 9.74. The van der Waals surface area contributed by atoms with Gasteiger partial charge in [-0.05, 0) is 18.8 Å². The molecule has 8 N–H and O–H groups in total. The zero-order chi connectivity index (χ0) is 23.9. The average molecular weight is 443 g/mol. The Morgan fingerprint density at radius 1 is 1.06 bits per heavy atom. The van der Waals surface area contributed by atoms with Crippen molar-refractivity contribution in [3.63, 3.8) is 0 Å². The van der Waals surface area contributed by atoms with Gasteiger partial charge in [0.2, 0.25) is 23.6 Å². The Labute approximate surface area is 178 Å². The monoisotopic (exact) mass is 443 g/mol. The van der Waals surface area contributed by atoms with Crippen molar-refractivity contribution in [3.8, 4) is 0 Å². The van der Waals surface area contributed by atoms with Gasteiger partial charge in [-0.1, -0.05) is 13.8 Å². The summed E-state index contributed by atoms with van der Waals surface area (Å²) in [6, 6.07) is -5.08. The summed E-state index contributed by atoms with van der Waals surface area (Å²) in [6.07, 6.45) is -0.599. The predicted octanol–water partition coefficient (Wildman–Crippen LogP) is -2.63. The minimum atomic E-state index is -1.53. The van der Waals surface area contributed by atoms with Gasteiger partial charge in [0.1, 0.15) is 18.1 Å². The SMILES string of the molecule is CC(C)C(NC(=O)C1CCCN1C(=O)C(CC(=O)O)NC(=O)C(N)CC(N)=O)C(=O)O. The molecule has 4 amide bonds. The van der Waals surface area contributed by atoms with Gasteiger partial charge in [0.25, 0.3) is 0 Å². The van der Waals surface area contributed by atoms with Crippen molar-refractivity contribution in [1.29, 1.82) is 0 Å². The number of carbonyl (C=O) groups excluding carboxylic acids is 4. The van der Waals surface area contributed by atoms with E-state index in [0.29, 0.717) is 6.42 Å². The van der Waals surface area contributed by atoms with Crippen molar-refractivity contribution in [1.82, 2.24) is 15.5 Å². The van der Waals surface area contributed by atoms with E-state index in [1.54, 1.807) is 13.8 Å². The fourth-order valence-corrected chi connectivity index (χ4v) is 3.23. The number of primary amides is 1. The molecule has 1 rings (SSSR count). The number of hydrogen-bond donors (Lipinski definition) is 6. The van der Waals surface area contributed by atoms with Crippen LogP contribution in [0.2, 0.25) is 0 Å². The van der Waals surface area contributed by atoms with E-state index in [1.165, 1.54) is 0 Å². The molecular weight excluding hydrogens is 414 g/mol. The lowest BCUT2D eigenvalue weighted by atomic mass is 10.0. The molecule has 174 valence electrons. The Morgan fingerprint density at radius 3 is 2.16 bits per heavy atom. The first-order valence-electron chi connectivity index (χ1n) is 9.74. The van der Waals surface area contributed by atoms with Crippen LogP contribution in [0.1, 0.15) is 39.5 Å². The molecule has 0 spiro atoms. The number of amides is 4. The van der Waals surface area contributed by atoms with E-state index in [4.69, 9.17) is 16.6 Å². The van der Waals surface area contributed by atoms with E-state index in [-0.39, 0.29) is 13.0 Å². The quantitative estimate of drug-likeness (QED) is 0.196. The Morgan fingerprint density at radius 2 is 1.68 bits per heavy atom. The summed E-state index contributed by atoms with van der Waals surface area (Å²) in [7, 11) is 0. The van der Waals surface area contributed by atoms with Gasteiger partial charge in [0, 0.05) is 6.54 Å². The normalized spacial score (nSPS) is 18.7. The van der Waals surface area contributed by atoms with Crippen molar-refractivity contribution in [2.24, 2.45) is 17.4 Å². The van der Waals surface area contributed by atoms with Gasteiger partial charge < -0.3 is 37.2 Å². The Balaban J connectivity index is 2.97. The molecule has 0 aromatic carbocycles. The van der Waals surface area contributed by atoms with Crippen molar-refractivity contribution in [2.75, 3.05) is 6.54 Å². The number of carbonyl (C=O) groups is 6. The summed E-state index contributed by atoms with van der Waals surface area (Å²) in [5, 5.41) is 23.0. The number of nitrogens with zero attached hydrogens (tertiary/aromatic N) is 1. The fraction of sp³-hybridized carbons (Fsp3) is 0.667. The molecule has 0 bridgehead atoms. The van der Waals surface area contributed by atoms with E-state index in [1.807, 2.05) is 0 Å². The Bertz CT molecular complexity index is 740. The smallest absolute Gasteiger partial charge is 0.326 e. The lowest BCUT2D eigenvalue weighted by molar-refractivity contribution is -0.147. The van der Waals surface area contributed by atoms with Crippen LogP contribution in [0.3, 0.4) is 0 Å². The molecule has 31 heavy (non-hydrogen) atoms. The molecule has 0 saturated carbocycles. The van der Waals surface area contributed by atoms with Crippen molar-refractivity contribution in [3.05, 3.63) is 0 Å². The second-order valence-electron chi connectivity index (χ2n) is 7.69. The topological polar surface area (TPSA) is 222 Å². The molecule has 0 aliphatic carbocycles. The number of nitrogens with one attached hydrogen (secondary N) is 2. The molecule has 4 unspecified atom stereocenters. The van der Waals surface area contributed by atoms with Crippen LogP contribution in [-0.2, 0) is 28.8 Å². The largest absolute Gasteiger partial charge is 0.481 e. The van der Waals surface area contributed by atoms with Gasteiger partial charge in [-0.25, -0.2) is 4.79 Å². The third kappa shape index (κ3) is 7.51. The standard InChI is InChI=1S/C18H29N5O8/c1-8(2)14(18(30)31)22-16(28)11-4-3-5-23(11)17(29)10(7-13(25)26)21-15(27)9(19)6-12(20)24/h8-11,14H,3-7,19H2,1-2H3,(H2,20,24)(H,21,27)(H,22,28)(H,25,26)(H,30,31). The lowest BCUT2D eigenvalue weighted by Crippen LogP contribution is -2.57. The predicted molar refractivity (Wildman–Crippen MR) is 105 cm³/mol. The number of likely N-dealkylation sites (tertiary alicyclic amines) is 1. The molecule has 1 saturated heterocycles. The van der Waals surface area contributed by atoms with Crippen LogP contribution in [0.15, 0.2) is 0 Å². The van der Waals surface area contributed by atoms with Crippen LogP contribution >= 0.6 is 0 Å². The molecule has 1 aliphatic heterocycles. The third-order valence-corrected chi connectivity index (χ3v) is 4.82. The molecule has 1 fully saturated rings. The number of carboxylic acid groups (broad SMARTS) is 2. The van der Waals surface area contributed by atoms with Crippen LogP contribution < -0.4 is 22.1 Å². The zero-order valence-electron chi connectivity index (χ0n) is 17.4. The third-order valence-electron chi connectivity index (χ3n) is 4.82. The highest BCUT2D eigenvalue weighted by molar-refractivity contribution is 5.96. The van der Waals surface area contributed by atoms with E-state index in [9.17, 15) is 33.9 Å². The van der Waals surface area contributed by atoms with E-state index >= 15 is 0 Å². The number of hydrogen-bond acceptors (Lipinski definition) is 7. The van der Waals surface area contributed by atoms with Gasteiger partial charge in [-0.3, -0.25) is 24.0 Å². The van der Waals surface area contributed by atoms with Crippen LogP contribution in [0.25, 0.3) is 0 Å². The molecule has 0 aromatic rings. The van der Waals surface area contributed by atoms with Crippen molar-refractivity contribution >= 4 is 35.6 Å². The number of nitrogens with two attached hydrogens (primary N) is 2. The summed E-state index contributed by atoms with van der Waals surface area (Å²) in [5.41, 5.74) is 10.5. The lowest BCUT2D eigenvalue weighted by Gasteiger charge is -2.29. The zero-order valence-corrected chi connectivity index (χ0v) is 17.4. The highest BCUT2D eigenvalue weighted by Crippen LogP contribution is 2.20. The average Bonchev–Trinajstić information content (AvgIpc) is 3.13. The Kier molecular flexibility index (Phi) is 9.37. The van der Waals surface area contributed by atoms with Crippen LogP contribution in [-0.4, -0.2) is 81.4 Å². The second kappa shape index (κ2) is 11.2. The van der Waals surface area contributed by atoms with E-state index in [0.717, 1.165) is 4.90 Å². The number of carboxylic acids is 2. The maximum absolute atomic E-state index is 12.9. The first kappa shape index (κ1) is 25.8. The van der Waals surface area contributed by atoms with Crippen LogP contribution in [0.4, 0.5) is 0 Å². The summed E-state index contributed by atoms with van der Waals surface area (Å²) < 4.78 is 0. The molecular formula is C18H29N5O8. The highest BCUT2D eigenvalue weighted by Gasteiger charge is 2.40. The second-order valence-corrected chi connectivity index (χ2v) is 7.69. The van der Waals surface area contributed by atoms with Crippen molar-refractivity contribution < 1.29 is 39.0 Å². The van der Waals surface area contributed by atoms with Crippen molar-refractivity contribution in [2.45, 2.75) is 63.7 Å². The van der Waals surface area contributed by atoms with E-state index in [2.05, 4.69) is 10.6 Å².